The summed E-state index contributed by atoms with van der Waals surface area (Å²) in [6, 6.07) is 4.19. The van der Waals surface area contributed by atoms with Crippen LogP contribution in [-0.4, -0.2) is 39.1 Å². The minimum absolute atomic E-state index is 0.0591. The molecule has 0 fully saturated rings. The van der Waals surface area contributed by atoms with E-state index in [1.807, 2.05) is 0 Å². The fraction of sp³-hybridized carbons (Fsp3) is 0.429. The summed E-state index contributed by atoms with van der Waals surface area (Å²) >= 11 is 5.83. The van der Waals surface area contributed by atoms with E-state index >= 15 is 0 Å². The van der Waals surface area contributed by atoms with Crippen molar-refractivity contribution in [2.75, 3.05) is 6.54 Å². The molecule has 0 bridgehead atoms. The Balaban J connectivity index is 3.10. The fourth-order valence-electron chi connectivity index (χ4n) is 1.77. The van der Waals surface area contributed by atoms with Crippen molar-refractivity contribution in [3.05, 3.63) is 28.8 Å². The number of carbonyl (C=O) groups excluding carboxylic acids is 1. The molecule has 1 rings (SSSR count). The average molecular weight is 300 g/mol. The molecule has 5 nitrogen and oxygen atoms in total. The van der Waals surface area contributed by atoms with E-state index in [2.05, 4.69) is 0 Å². The number of nitrogens with zero attached hydrogens (tertiary/aromatic N) is 1. The highest BCUT2D eigenvalue weighted by molar-refractivity contribution is 6.31. The van der Waals surface area contributed by atoms with Crippen LogP contribution in [-0.2, 0) is 4.79 Å². The summed E-state index contributed by atoms with van der Waals surface area (Å²) in [7, 11) is 0. The van der Waals surface area contributed by atoms with Crippen LogP contribution in [0.1, 0.15) is 37.6 Å². The van der Waals surface area contributed by atoms with Crippen molar-refractivity contribution >= 4 is 23.5 Å². The lowest BCUT2D eigenvalue weighted by atomic mass is 10.0. The van der Waals surface area contributed by atoms with E-state index in [1.54, 1.807) is 20.8 Å². The number of rotatable bonds is 4. The Morgan fingerprint density at radius 2 is 1.90 bits per heavy atom. The van der Waals surface area contributed by atoms with Gasteiger partial charge < -0.3 is 15.1 Å². The van der Waals surface area contributed by atoms with Gasteiger partial charge in [0.25, 0.3) is 5.91 Å². The van der Waals surface area contributed by atoms with Crippen LogP contribution in [0.4, 0.5) is 0 Å². The molecule has 0 aliphatic rings. The Morgan fingerprint density at radius 3 is 2.40 bits per heavy atom. The number of amides is 1. The Kier molecular flexibility index (Phi) is 5.00. The summed E-state index contributed by atoms with van der Waals surface area (Å²) in [6.07, 6.45) is -0.162. The molecule has 6 heteroatoms. The van der Waals surface area contributed by atoms with Crippen molar-refractivity contribution < 1.29 is 19.8 Å². The smallest absolute Gasteiger partial charge is 0.305 e. The molecule has 0 saturated carbocycles. The van der Waals surface area contributed by atoms with Crippen molar-refractivity contribution in [2.45, 2.75) is 32.7 Å². The number of aromatic hydroxyl groups is 1. The highest BCUT2D eigenvalue weighted by Crippen LogP contribution is 2.26. The second-order valence-corrected chi connectivity index (χ2v) is 5.87. The topological polar surface area (TPSA) is 77.8 Å². The van der Waals surface area contributed by atoms with Crippen molar-refractivity contribution in [3.63, 3.8) is 0 Å². The number of carbonyl (C=O) groups is 2. The number of halogens is 1. The molecule has 0 aliphatic heterocycles. The molecule has 2 N–H and O–H groups in total. The fourth-order valence-corrected chi connectivity index (χ4v) is 1.95. The number of hydrogen-bond acceptors (Lipinski definition) is 3. The third kappa shape index (κ3) is 4.13. The maximum Gasteiger partial charge on any atom is 0.305 e. The SMILES string of the molecule is CC(C)(C)N(CCC(=O)O)C(=O)c1cc(Cl)ccc1O. The minimum atomic E-state index is -0.984. The van der Waals surface area contributed by atoms with Gasteiger partial charge in [0.1, 0.15) is 5.75 Å². The number of aliphatic carboxylic acids is 1. The largest absolute Gasteiger partial charge is 0.507 e. The summed E-state index contributed by atoms with van der Waals surface area (Å²) < 4.78 is 0. The van der Waals surface area contributed by atoms with E-state index < -0.39 is 17.4 Å². The molecule has 0 saturated heterocycles. The number of phenols is 1. The van der Waals surface area contributed by atoms with Crippen molar-refractivity contribution in [1.82, 2.24) is 4.90 Å². The highest BCUT2D eigenvalue weighted by atomic mass is 35.5. The van der Waals surface area contributed by atoms with Crippen LogP contribution in [0.15, 0.2) is 18.2 Å². The molecule has 0 aliphatic carbocycles. The normalized spacial score (nSPS) is 11.2. The van der Waals surface area contributed by atoms with Gasteiger partial charge >= 0.3 is 5.97 Å². The summed E-state index contributed by atoms with van der Waals surface area (Å²) in [6.45, 7) is 5.46. The second kappa shape index (κ2) is 6.13. The summed E-state index contributed by atoms with van der Waals surface area (Å²) in [5.41, 5.74) is -0.501. The van der Waals surface area contributed by atoms with E-state index in [9.17, 15) is 14.7 Å². The van der Waals surface area contributed by atoms with Gasteiger partial charge in [-0.2, -0.15) is 0 Å². The number of carboxylic acids is 1. The molecular weight excluding hydrogens is 282 g/mol. The molecule has 0 spiro atoms. The Hall–Kier alpha value is -1.75. The molecular formula is C14H18ClNO4. The standard InChI is InChI=1S/C14H18ClNO4/c1-14(2,3)16(7-6-12(18)19)13(20)10-8-9(15)4-5-11(10)17/h4-5,8,17H,6-7H2,1-3H3,(H,18,19). The van der Waals surface area contributed by atoms with Crippen LogP contribution < -0.4 is 0 Å². The lowest BCUT2D eigenvalue weighted by molar-refractivity contribution is -0.137. The lowest BCUT2D eigenvalue weighted by Crippen LogP contribution is -2.46. The van der Waals surface area contributed by atoms with Gasteiger partial charge in [-0.1, -0.05) is 11.6 Å². The summed E-state index contributed by atoms with van der Waals surface area (Å²) in [5.74, 6) is -1.61. The molecule has 20 heavy (non-hydrogen) atoms. The van der Waals surface area contributed by atoms with Gasteiger partial charge in [0.05, 0.1) is 12.0 Å². The molecule has 110 valence electrons. The van der Waals surface area contributed by atoms with E-state index in [-0.39, 0.29) is 24.3 Å². The third-order valence-electron chi connectivity index (χ3n) is 2.79. The van der Waals surface area contributed by atoms with Crippen LogP contribution in [0.3, 0.4) is 0 Å². The number of benzene rings is 1. The zero-order chi connectivity index (χ0) is 15.5. The van der Waals surface area contributed by atoms with Crippen LogP contribution >= 0.6 is 11.6 Å². The predicted molar refractivity (Wildman–Crippen MR) is 76.2 cm³/mol. The molecule has 1 amide bonds. The van der Waals surface area contributed by atoms with Crippen LogP contribution in [0.25, 0.3) is 0 Å². The van der Waals surface area contributed by atoms with Crippen LogP contribution in [0.2, 0.25) is 5.02 Å². The van der Waals surface area contributed by atoms with Gasteiger partial charge in [-0.25, -0.2) is 0 Å². The minimum Gasteiger partial charge on any atom is -0.507 e. The first-order valence-corrected chi connectivity index (χ1v) is 6.53. The number of carboxylic acid groups (broad SMARTS) is 1. The van der Waals surface area contributed by atoms with Crippen LogP contribution in [0.5, 0.6) is 5.75 Å². The summed E-state index contributed by atoms with van der Waals surface area (Å²) in [4.78, 5) is 24.6. The lowest BCUT2D eigenvalue weighted by Gasteiger charge is -2.35. The quantitative estimate of drug-likeness (QED) is 0.896. The number of hydrogen-bond donors (Lipinski definition) is 2. The predicted octanol–water partition coefficient (Wildman–Crippen LogP) is 2.76. The maximum absolute atomic E-state index is 12.5. The van der Waals surface area contributed by atoms with Crippen molar-refractivity contribution in [3.8, 4) is 5.75 Å². The monoisotopic (exact) mass is 299 g/mol. The van der Waals surface area contributed by atoms with Crippen LogP contribution in [0, 0.1) is 0 Å². The molecule has 1 aromatic carbocycles. The second-order valence-electron chi connectivity index (χ2n) is 5.43. The zero-order valence-corrected chi connectivity index (χ0v) is 12.4. The van der Waals surface area contributed by atoms with Gasteiger partial charge in [-0.3, -0.25) is 9.59 Å². The third-order valence-corrected chi connectivity index (χ3v) is 3.03. The maximum atomic E-state index is 12.5. The van der Waals surface area contributed by atoms with Crippen molar-refractivity contribution in [2.24, 2.45) is 0 Å². The van der Waals surface area contributed by atoms with E-state index in [4.69, 9.17) is 16.7 Å². The molecule has 0 heterocycles. The zero-order valence-electron chi connectivity index (χ0n) is 11.7. The van der Waals surface area contributed by atoms with Gasteiger partial charge in [0, 0.05) is 17.1 Å². The van der Waals surface area contributed by atoms with Gasteiger partial charge in [0.2, 0.25) is 0 Å². The molecule has 0 unspecified atom stereocenters. The molecule has 0 radical (unpaired) electrons. The molecule has 0 atom stereocenters. The van der Waals surface area contributed by atoms with E-state index in [1.165, 1.54) is 23.1 Å². The molecule has 0 aromatic heterocycles. The van der Waals surface area contributed by atoms with Gasteiger partial charge in [-0.05, 0) is 39.0 Å². The Bertz CT molecular complexity index is 522. The van der Waals surface area contributed by atoms with Gasteiger partial charge in [-0.15, -0.1) is 0 Å². The van der Waals surface area contributed by atoms with Crippen molar-refractivity contribution in [1.29, 1.82) is 0 Å². The first-order chi connectivity index (χ1) is 9.12. The Morgan fingerprint density at radius 1 is 1.30 bits per heavy atom. The summed E-state index contributed by atoms with van der Waals surface area (Å²) in [5, 5.41) is 18.9. The first kappa shape index (κ1) is 16.3. The molecule has 1 aromatic rings. The first-order valence-electron chi connectivity index (χ1n) is 6.15. The van der Waals surface area contributed by atoms with Gasteiger partial charge in [0.15, 0.2) is 0 Å². The highest BCUT2D eigenvalue weighted by Gasteiger charge is 2.29. The van der Waals surface area contributed by atoms with E-state index in [0.29, 0.717) is 5.02 Å². The number of phenolic OH excluding ortho intramolecular Hbond substituents is 1. The van der Waals surface area contributed by atoms with E-state index in [0.717, 1.165) is 0 Å². The Labute approximate surface area is 122 Å². The average Bonchev–Trinajstić information content (AvgIpc) is 2.30.